The predicted octanol–water partition coefficient (Wildman–Crippen LogP) is 3.49. The first-order valence-electron chi connectivity index (χ1n) is 8.89. The number of piperidine rings is 1. The molecule has 122 valence electrons. The topological polar surface area (TPSA) is 67.9 Å². The van der Waals surface area contributed by atoms with Crippen LogP contribution in [0.15, 0.2) is 41.3 Å². The van der Waals surface area contributed by atoms with Crippen LogP contribution < -0.4 is 0 Å². The van der Waals surface area contributed by atoms with Crippen molar-refractivity contribution in [1.29, 1.82) is 5.41 Å². The number of pyridine rings is 1. The van der Waals surface area contributed by atoms with Crippen LogP contribution in [-0.4, -0.2) is 39.0 Å². The van der Waals surface area contributed by atoms with Crippen molar-refractivity contribution < 1.29 is 0 Å². The van der Waals surface area contributed by atoms with E-state index in [0.29, 0.717) is 17.8 Å². The number of nitrogens with zero attached hydrogens (tertiary/aromatic N) is 3. The molecule has 0 spiro atoms. The first kappa shape index (κ1) is 14.0. The standard InChI is InChI=1S/C19H21N5/c20-18(13-6-8-21-19-14(13)7-9-22-19)23-15(12-4-5-12)11-17-16-3-1-2-10-24(16)17/h6-9,11-12,16,20H,1-5,10H2,(H,21,22)/b17-11-,20-18?,23-15?. The lowest BCUT2D eigenvalue weighted by atomic mass is 10.1. The largest absolute Gasteiger partial charge is 0.365 e. The van der Waals surface area contributed by atoms with E-state index >= 15 is 0 Å². The first-order chi connectivity index (χ1) is 11.8. The average Bonchev–Trinajstić information content (AvgIpc) is 3.51. The Morgan fingerprint density at radius 2 is 2.21 bits per heavy atom. The van der Waals surface area contributed by atoms with Gasteiger partial charge in [0.1, 0.15) is 5.65 Å². The van der Waals surface area contributed by atoms with Gasteiger partial charge in [0.25, 0.3) is 0 Å². The van der Waals surface area contributed by atoms with E-state index in [9.17, 15) is 0 Å². The normalized spacial score (nSPS) is 25.2. The summed E-state index contributed by atoms with van der Waals surface area (Å²) in [5.41, 5.74) is 4.22. The van der Waals surface area contributed by atoms with Crippen LogP contribution in [-0.2, 0) is 0 Å². The minimum Gasteiger partial charge on any atom is -0.365 e. The lowest BCUT2D eigenvalue weighted by molar-refractivity contribution is 0.415. The van der Waals surface area contributed by atoms with E-state index < -0.39 is 0 Å². The third-order valence-electron chi connectivity index (χ3n) is 5.36. The van der Waals surface area contributed by atoms with Crippen molar-refractivity contribution >= 4 is 22.6 Å². The Labute approximate surface area is 141 Å². The van der Waals surface area contributed by atoms with Gasteiger partial charge >= 0.3 is 0 Å². The number of fused-ring (bicyclic) bond motifs is 2. The number of amidine groups is 1. The van der Waals surface area contributed by atoms with E-state index in [1.807, 2.05) is 18.3 Å². The predicted molar refractivity (Wildman–Crippen MR) is 95.5 cm³/mol. The van der Waals surface area contributed by atoms with Gasteiger partial charge in [-0.2, -0.15) is 0 Å². The fourth-order valence-electron chi connectivity index (χ4n) is 3.82. The lowest BCUT2D eigenvalue weighted by Crippen LogP contribution is -2.09. The number of aliphatic imine (C=N–C) groups is 1. The summed E-state index contributed by atoms with van der Waals surface area (Å²) in [5.74, 6) is 0.893. The third kappa shape index (κ3) is 2.35. The summed E-state index contributed by atoms with van der Waals surface area (Å²) in [7, 11) is 0. The summed E-state index contributed by atoms with van der Waals surface area (Å²) < 4.78 is 0. The fraction of sp³-hybridized carbons (Fsp3) is 0.421. The highest BCUT2D eigenvalue weighted by atomic mass is 15.3. The van der Waals surface area contributed by atoms with Crippen molar-refractivity contribution in [2.24, 2.45) is 10.9 Å². The van der Waals surface area contributed by atoms with E-state index in [-0.39, 0.29) is 0 Å². The second-order valence-electron chi connectivity index (χ2n) is 7.03. The summed E-state index contributed by atoms with van der Waals surface area (Å²) in [5, 5.41) is 9.47. The minimum absolute atomic E-state index is 0.347. The molecule has 24 heavy (non-hydrogen) atoms. The van der Waals surface area contributed by atoms with Gasteiger partial charge in [-0.15, -0.1) is 0 Å². The van der Waals surface area contributed by atoms with Gasteiger partial charge < -0.3 is 9.88 Å². The summed E-state index contributed by atoms with van der Waals surface area (Å²) in [6.07, 6.45) is 12.2. The van der Waals surface area contributed by atoms with Crippen LogP contribution in [0.25, 0.3) is 11.0 Å². The highest BCUT2D eigenvalue weighted by molar-refractivity contribution is 6.14. The van der Waals surface area contributed by atoms with Crippen molar-refractivity contribution in [3.8, 4) is 0 Å². The summed E-state index contributed by atoms with van der Waals surface area (Å²) >= 11 is 0. The summed E-state index contributed by atoms with van der Waals surface area (Å²) in [6.45, 7) is 1.19. The van der Waals surface area contributed by atoms with Gasteiger partial charge in [-0.1, -0.05) is 0 Å². The molecule has 2 saturated heterocycles. The molecule has 0 amide bonds. The smallest absolute Gasteiger partial charge is 0.152 e. The minimum atomic E-state index is 0.347. The van der Waals surface area contributed by atoms with E-state index in [4.69, 9.17) is 10.4 Å². The van der Waals surface area contributed by atoms with Gasteiger partial charge in [-0.25, -0.2) is 9.98 Å². The molecule has 1 atom stereocenters. The van der Waals surface area contributed by atoms with Crippen molar-refractivity contribution in [3.63, 3.8) is 0 Å². The second kappa shape index (κ2) is 5.30. The first-order valence-corrected chi connectivity index (χ1v) is 8.89. The zero-order chi connectivity index (χ0) is 16.1. The van der Waals surface area contributed by atoms with Crippen LogP contribution in [0.5, 0.6) is 0 Å². The van der Waals surface area contributed by atoms with Crippen molar-refractivity contribution in [2.45, 2.75) is 38.1 Å². The van der Waals surface area contributed by atoms with E-state index in [1.165, 1.54) is 44.3 Å². The number of hydrogen-bond donors (Lipinski definition) is 2. The van der Waals surface area contributed by atoms with Crippen LogP contribution in [0.4, 0.5) is 0 Å². The molecular weight excluding hydrogens is 298 g/mol. The van der Waals surface area contributed by atoms with Gasteiger partial charge in [0.15, 0.2) is 5.84 Å². The van der Waals surface area contributed by atoms with Gasteiger partial charge in [0, 0.05) is 47.2 Å². The van der Waals surface area contributed by atoms with Gasteiger partial charge in [0.05, 0.1) is 6.04 Å². The highest BCUT2D eigenvalue weighted by Gasteiger charge is 2.42. The van der Waals surface area contributed by atoms with E-state index in [1.54, 1.807) is 6.20 Å². The van der Waals surface area contributed by atoms with Crippen LogP contribution in [0.2, 0.25) is 0 Å². The molecular formula is C19H21N5. The highest BCUT2D eigenvalue weighted by Crippen LogP contribution is 2.42. The molecule has 2 aromatic heterocycles. The maximum Gasteiger partial charge on any atom is 0.152 e. The van der Waals surface area contributed by atoms with Crippen molar-refractivity contribution in [2.75, 3.05) is 6.54 Å². The molecule has 1 saturated carbocycles. The van der Waals surface area contributed by atoms with Crippen LogP contribution in [0, 0.1) is 11.3 Å². The van der Waals surface area contributed by atoms with E-state index in [2.05, 4.69) is 20.9 Å². The number of rotatable bonds is 3. The molecule has 1 aliphatic carbocycles. The molecule has 5 heteroatoms. The van der Waals surface area contributed by atoms with Crippen LogP contribution >= 0.6 is 0 Å². The zero-order valence-corrected chi connectivity index (χ0v) is 13.6. The summed E-state index contributed by atoms with van der Waals surface area (Å²) in [4.78, 5) is 14.6. The number of hydrogen-bond acceptors (Lipinski definition) is 3. The Hall–Kier alpha value is -2.43. The lowest BCUT2D eigenvalue weighted by Gasteiger charge is -2.08. The average molecular weight is 319 g/mol. The van der Waals surface area contributed by atoms with Gasteiger partial charge in [-0.3, -0.25) is 5.41 Å². The third-order valence-corrected chi connectivity index (χ3v) is 5.36. The van der Waals surface area contributed by atoms with E-state index in [0.717, 1.165) is 22.3 Å². The number of allylic oxidation sites excluding steroid dienone is 1. The van der Waals surface area contributed by atoms with Crippen molar-refractivity contribution in [1.82, 2.24) is 14.9 Å². The Morgan fingerprint density at radius 1 is 1.29 bits per heavy atom. The number of aromatic nitrogens is 2. The SMILES string of the molecule is N=C(N=C(/C=C1/C2CCCCN12)C1CC1)c1ccnc2[nH]ccc12. The Morgan fingerprint density at radius 3 is 3.00 bits per heavy atom. The quantitative estimate of drug-likeness (QED) is 0.516. The molecule has 0 bridgehead atoms. The van der Waals surface area contributed by atoms with Crippen LogP contribution in [0.3, 0.4) is 0 Å². The maximum absolute atomic E-state index is 8.50. The monoisotopic (exact) mass is 319 g/mol. The molecule has 0 radical (unpaired) electrons. The van der Waals surface area contributed by atoms with Gasteiger partial charge in [-0.05, 0) is 50.3 Å². The maximum atomic E-state index is 8.50. The molecule has 3 fully saturated rings. The van der Waals surface area contributed by atoms with Gasteiger partial charge in [0.2, 0.25) is 0 Å². The second-order valence-corrected chi connectivity index (χ2v) is 7.03. The summed E-state index contributed by atoms with van der Waals surface area (Å²) in [6, 6.07) is 4.52. The van der Waals surface area contributed by atoms with Crippen molar-refractivity contribution in [3.05, 3.63) is 41.9 Å². The molecule has 2 aliphatic heterocycles. The molecule has 3 aliphatic rings. The zero-order valence-electron chi connectivity index (χ0n) is 13.6. The number of aromatic amines is 1. The van der Waals surface area contributed by atoms with Crippen LogP contribution in [0.1, 0.15) is 37.7 Å². The Kier molecular flexibility index (Phi) is 3.08. The molecule has 2 N–H and O–H groups in total. The molecule has 2 aromatic rings. The molecule has 0 aromatic carbocycles. The molecule has 5 nitrogen and oxygen atoms in total. The number of nitrogens with one attached hydrogen (secondary N) is 2. The fourth-order valence-corrected chi connectivity index (χ4v) is 3.82. The molecule has 5 rings (SSSR count). The molecule has 4 heterocycles. The Balaban J connectivity index is 1.47. The molecule has 1 unspecified atom stereocenters. The Bertz CT molecular complexity index is 857. The number of H-pyrrole nitrogens is 1.